The normalized spacial score (nSPS) is 35.6. The molecule has 0 N–H and O–H groups in total. The quantitative estimate of drug-likeness (QED) is 0.790. The van der Waals surface area contributed by atoms with Crippen LogP contribution in [0.3, 0.4) is 0 Å². The lowest BCUT2D eigenvalue weighted by atomic mass is 9.66. The zero-order chi connectivity index (χ0) is 17.7. The van der Waals surface area contributed by atoms with Crippen molar-refractivity contribution in [3.63, 3.8) is 0 Å². The second-order valence-electron chi connectivity index (χ2n) is 7.59. The summed E-state index contributed by atoms with van der Waals surface area (Å²) in [6.07, 6.45) is 2.96. The first kappa shape index (κ1) is 16.0. The Morgan fingerprint density at radius 1 is 1.04 bits per heavy atom. The fraction of sp³-hybridized carbons (Fsp3) is 0.409. The summed E-state index contributed by atoms with van der Waals surface area (Å²) < 4.78 is 5.88. The second kappa shape index (κ2) is 5.93. The maximum Gasteiger partial charge on any atom is 0.256 e. The van der Waals surface area contributed by atoms with Gasteiger partial charge >= 0.3 is 0 Å². The maximum absolute atomic E-state index is 13.0. The first-order chi connectivity index (χ1) is 12.7. The second-order valence-corrected chi connectivity index (χ2v) is 7.59. The summed E-state index contributed by atoms with van der Waals surface area (Å²) in [6.45, 7) is 0. The molecule has 2 heterocycles. The first-order valence-electron chi connectivity index (χ1n) is 9.42. The van der Waals surface area contributed by atoms with Crippen molar-refractivity contribution in [2.24, 2.45) is 5.92 Å². The average molecular weight is 349 g/mol. The minimum atomic E-state index is -0.672. The van der Waals surface area contributed by atoms with E-state index in [1.54, 1.807) is 12.2 Å². The maximum atomic E-state index is 13.0. The van der Waals surface area contributed by atoms with Crippen LogP contribution in [-0.2, 0) is 14.4 Å². The molecule has 1 aliphatic carbocycles. The number of carbonyl (C=O) groups is 1. The van der Waals surface area contributed by atoms with Crippen LogP contribution in [0.25, 0.3) is 0 Å². The van der Waals surface area contributed by atoms with Crippen LogP contribution in [0.2, 0.25) is 0 Å². The molecule has 5 rings (SSSR count). The number of methoxy groups -OCH3 is 1. The Kier molecular flexibility index (Phi) is 3.66. The molecule has 0 unspecified atom stereocenters. The highest BCUT2D eigenvalue weighted by molar-refractivity contribution is 5.90. The van der Waals surface area contributed by atoms with Gasteiger partial charge in [-0.15, -0.1) is 0 Å². The molecule has 134 valence electrons. The van der Waals surface area contributed by atoms with E-state index in [2.05, 4.69) is 36.4 Å². The molecule has 5 atom stereocenters. The fourth-order valence-electron chi connectivity index (χ4n) is 5.28. The van der Waals surface area contributed by atoms with Crippen LogP contribution >= 0.6 is 0 Å². The molecule has 2 aliphatic heterocycles. The third kappa shape index (κ3) is 2.12. The van der Waals surface area contributed by atoms with Gasteiger partial charge in [-0.05, 0) is 24.0 Å². The van der Waals surface area contributed by atoms with Crippen molar-refractivity contribution < 1.29 is 14.4 Å². The molecule has 2 aromatic rings. The predicted octanol–water partition coefficient (Wildman–Crippen LogP) is 3.85. The SMILES string of the molecule is CO[C@@]12CCC[C@@H]1[C@@H](c1ccccc1)[C@@H]1[C@H](c3ccccc3)C(=O)N1O2. The number of ether oxygens (including phenoxy) is 1. The molecule has 0 aromatic heterocycles. The van der Waals surface area contributed by atoms with Gasteiger partial charge in [-0.2, -0.15) is 0 Å². The molecule has 4 heteroatoms. The van der Waals surface area contributed by atoms with Crippen molar-refractivity contribution >= 4 is 5.91 Å². The number of hydrogen-bond donors (Lipinski definition) is 0. The van der Waals surface area contributed by atoms with Gasteiger partial charge in [0.2, 0.25) is 0 Å². The number of amides is 1. The summed E-state index contributed by atoms with van der Waals surface area (Å²) in [6, 6.07) is 20.7. The molecule has 3 aliphatic rings. The molecule has 26 heavy (non-hydrogen) atoms. The van der Waals surface area contributed by atoms with Crippen LogP contribution < -0.4 is 0 Å². The highest BCUT2D eigenvalue weighted by Crippen LogP contribution is 2.59. The number of fused-ring (bicyclic) bond motifs is 2. The Morgan fingerprint density at radius 2 is 1.69 bits per heavy atom. The van der Waals surface area contributed by atoms with Gasteiger partial charge in [0.05, 0.1) is 12.0 Å². The molecule has 0 bridgehead atoms. The topological polar surface area (TPSA) is 38.8 Å². The Hall–Kier alpha value is -2.17. The van der Waals surface area contributed by atoms with Crippen molar-refractivity contribution in [2.45, 2.75) is 42.9 Å². The van der Waals surface area contributed by atoms with E-state index < -0.39 is 5.79 Å². The van der Waals surface area contributed by atoms with Crippen molar-refractivity contribution in [3.05, 3.63) is 71.8 Å². The van der Waals surface area contributed by atoms with E-state index in [1.165, 1.54) is 5.56 Å². The minimum Gasteiger partial charge on any atom is -0.351 e. The Bertz CT molecular complexity index is 809. The summed E-state index contributed by atoms with van der Waals surface area (Å²) in [7, 11) is 1.71. The lowest BCUT2D eigenvalue weighted by Gasteiger charge is -2.59. The average Bonchev–Trinajstić information content (AvgIpc) is 3.13. The lowest BCUT2D eigenvalue weighted by Crippen LogP contribution is -2.70. The molecule has 2 saturated heterocycles. The molecule has 4 nitrogen and oxygen atoms in total. The molecular weight excluding hydrogens is 326 g/mol. The largest absolute Gasteiger partial charge is 0.351 e. The van der Waals surface area contributed by atoms with Crippen molar-refractivity contribution in [1.82, 2.24) is 5.06 Å². The van der Waals surface area contributed by atoms with E-state index >= 15 is 0 Å². The molecule has 1 amide bonds. The Morgan fingerprint density at radius 3 is 2.35 bits per heavy atom. The number of carbonyl (C=O) groups excluding carboxylic acids is 1. The molecular formula is C22H23NO3. The van der Waals surface area contributed by atoms with Crippen LogP contribution in [-0.4, -0.2) is 29.9 Å². The van der Waals surface area contributed by atoms with Crippen LogP contribution in [0.1, 0.15) is 42.2 Å². The first-order valence-corrected chi connectivity index (χ1v) is 9.42. The third-order valence-corrected chi connectivity index (χ3v) is 6.44. The van der Waals surface area contributed by atoms with Gasteiger partial charge in [0.15, 0.2) is 5.79 Å². The number of nitrogens with zero attached hydrogens (tertiary/aromatic N) is 1. The van der Waals surface area contributed by atoms with E-state index in [4.69, 9.17) is 9.57 Å². The zero-order valence-electron chi connectivity index (χ0n) is 14.9. The van der Waals surface area contributed by atoms with Gasteiger partial charge in [-0.1, -0.05) is 60.7 Å². The minimum absolute atomic E-state index is 0.0266. The van der Waals surface area contributed by atoms with Crippen LogP contribution in [0.4, 0.5) is 0 Å². The zero-order valence-corrected chi connectivity index (χ0v) is 14.9. The highest BCUT2D eigenvalue weighted by Gasteiger charge is 2.65. The Labute approximate surface area is 153 Å². The van der Waals surface area contributed by atoms with Crippen molar-refractivity contribution in [2.75, 3.05) is 7.11 Å². The number of β-lactam (4-membered cyclic amide) rings is 1. The third-order valence-electron chi connectivity index (χ3n) is 6.44. The van der Waals surface area contributed by atoms with Crippen molar-refractivity contribution in [3.8, 4) is 0 Å². The smallest absolute Gasteiger partial charge is 0.256 e. The van der Waals surface area contributed by atoms with E-state index in [0.29, 0.717) is 0 Å². The van der Waals surface area contributed by atoms with Gasteiger partial charge < -0.3 is 4.74 Å². The number of rotatable bonds is 3. The van der Waals surface area contributed by atoms with Crippen molar-refractivity contribution in [1.29, 1.82) is 0 Å². The summed E-state index contributed by atoms with van der Waals surface area (Å²) in [5.74, 6) is -0.291. The molecule has 3 fully saturated rings. The summed E-state index contributed by atoms with van der Waals surface area (Å²) in [4.78, 5) is 19.2. The van der Waals surface area contributed by atoms with Crippen LogP contribution in [0.15, 0.2) is 60.7 Å². The van der Waals surface area contributed by atoms with Gasteiger partial charge in [0, 0.05) is 25.4 Å². The molecule has 1 saturated carbocycles. The van der Waals surface area contributed by atoms with E-state index in [1.807, 2.05) is 24.3 Å². The van der Waals surface area contributed by atoms with E-state index in [9.17, 15) is 4.79 Å². The van der Waals surface area contributed by atoms with Gasteiger partial charge in [-0.25, -0.2) is 9.90 Å². The summed E-state index contributed by atoms with van der Waals surface area (Å²) in [5, 5.41) is 1.61. The van der Waals surface area contributed by atoms with Gasteiger partial charge in [-0.3, -0.25) is 4.79 Å². The van der Waals surface area contributed by atoms with E-state index in [0.717, 1.165) is 24.8 Å². The lowest BCUT2D eigenvalue weighted by molar-refractivity contribution is -0.395. The number of hydrogen-bond acceptors (Lipinski definition) is 3. The van der Waals surface area contributed by atoms with Gasteiger partial charge in [0.25, 0.3) is 5.91 Å². The molecule has 2 aromatic carbocycles. The van der Waals surface area contributed by atoms with Crippen LogP contribution in [0.5, 0.6) is 0 Å². The Balaban J connectivity index is 1.61. The molecule has 0 radical (unpaired) electrons. The fourth-order valence-corrected chi connectivity index (χ4v) is 5.28. The van der Waals surface area contributed by atoms with Crippen LogP contribution in [0, 0.1) is 5.92 Å². The summed E-state index contributed by atoms with van der Waals surface area (Å²) in [5.41, 5.74) is 2.35. The highest BCUT2D eigenvalue weighted by atomic mass is 16.8. The predicted molar refractivity (Wildman–Crippen MR) is 97.2 cm³/mol. The number of benzene rings is 2. The monoisotopic (exact) mass is 349 g/mol. The van der Waals surface area contributed by atoms with Gasteiger partial charge in [0.1, 0.15) is 0 Å². The standard InChI is InChI=1S/C22H23NO3/c1-25-22-14-8-13-17(22)18(15-9-4-2-5-10-15)20-19(21(24)23(20)26-22)16-11-6-3-7-12-16/h2-7,9-12,17-20H,8,13-14H2,1H3/t17-,18-,19+,20-,22-/m1/s1. The van der Waals surface area contributed by atoms with E-state index in [-0.39, 0.29) is 29.7 Å². The summed E-state index contributed by atoms with van der Waals surface area (Å²) >= 11 is 0. The number of hydroxylamine groups is 2. The molecule has 0 spiro atoms.